The van der Waals surface area contributed by atoms with Gasteiger partial charge in [0.2, 0.25) is 0 Å². The summed E-state index contributed by atoms with van der Waals surface area (Å²) in [5.74, 6) is 2.50. The zero-order valence-corrected chi connectivity index (χ0v) is 5.03. The van der Waals surface area contributed by atoms with Crippen LogP contribution in [0.1, 0.15) is 18.5 Å². The number of nitrogens with zero attached hydrogens (tertiary/aromatic N) is 2. The smallest absolute Gasteiger partial charge is 0.148 e. The van der Waals surface area contributed by atoms with E-state index >= 15 is 0 Å². The first kappa shape index (κ1) is 5.83. The van der Waals surface area contributed by atoms with Crippen LogP contribution in [-0.4, -0.2) is 10.4 Å². The van der Waals surface area contributed by atoms with E-state index in [-0.39, 0.29) is 5.92 Å². The quantitative estimate of drug-likeness (QED) is 0.517. The van der Waals surface area contributed by atoms with Gasteiger partial charge in [-0.2, -0.15) is 0 Å². The number of rotatable bonds is 1. The van der Waals surface area contributed by atoms with Crippen molar-refractivity contribution in [3.05, 3.63) is 12.0 Å². The van der Waals surface area contributed by atoms with Crippen LogP contribution in [0.15, 0.2) is 10.8 Å². The third-order valence-corrected chi connectivity index (χ3v) is 1.07. The first-order valence-electron chi connectivity index (χ1n) is 2.57. The predicted molar refractivity (Wildman–Crippen MR) is 31.5 cm³/mol. The van der Waals surface area contributed by atoms with Crippen LogP contribution in [0.3, 0.4) is 0 Å². The molecule has 0 radical (unpaired) electrons. The third kappa shape index (κ3) is 1.08. The average molecular weight is 122 g/mol. The summed E-state index contributed by atoms with van der Waals surface area (Å²) < 4.78 is 4.48. The molecule has 0 N–H and O–H groups in total. The molecular weight excluding hydrogens is 116 g/mol. The Labute approximate surface area is 53.0 Å². The molecule has 1 unspecified atom stereocenters. The summed E-state index contributed by atoms with van der Waals surface area (Å²) in [5, 5.41) is 6.90. The van der Waals surface area contributed by atoms with Crippen molar-refractivity contribution in [1.82, 2.24) is 10.4 Å². The molecule has 0 spiro atoms. The molecule has 0 aliphatic rings. The Bertz CT molecular complexity index is 209. The summed E-state index contributed by atoms with van der Waals surface area (Å²) in [6.07, 6.45) is 6.55. The van der Waals surface area contributed by atoms with Crippen molar-refractivity contribution in [1.29, 1.82) is 0 Å². The van der Waals surface area contributed by atoms with Crippen molar-refractivity contribution >= 4 is 0 Å². The highest BCUT2D eigenvalue weighted by Crippen LogP contribution is 2.07. The molecule has 1 aromatic heterocycles. The molecule has 0 aliphatic carbocycles. The van der Waals surface area contributed by atoms with Gasteiger partial charge in [0.1, 0.15) is 12.0 Å². The molecule has 9 heavy (non-hydrogen) atoms. The fraction of sp³-hybridized carbons (Fsp3) is 0.333. The number of aromatic nitrogens is 2. The number of hydrogen-bond acceptors (Lipinski definition) is 3. The van der Waals surface area contributed by atoms with E-state index in [2.05, 4.69) is 20.8 Å². The Kier molecular flexibility index (Phi) is 1.50. The average Bonchev–Trinajstić information content (AvgIpc) is 2.37. The van der Waals surface area contributed by atoms with Crippen LogP contribution in [0.5, 0.6) is 0 Å². The van der Waals surface area contributed by atoms with Crippen molar-refractivity contribution < 1.29 is 4.52 Å². The van der Waals surface area contributed by atoms with E-state index in [1.165, 1.54) is 6.26 Å². The summed E-state index contributed by atoms with van der Waals surface area (Å²) in [7, 11) is 0. The van der Waals surface area contributed by atoms with Crippen molar-refractivity contribution in [2.45, 2.75) is 12.8 Å². The van der Waals surface area contributed by atoms with E-state index in [4.69, 9.17) is 6.42 Å². The van der Waals surface area contributed by atoms with Crippen LogP contribution in [0.2, 0.25) is 0 Å². The molecule has 1 atom stereocenters. The van der Waals surface area contributed by atoms with E-state index in [0.717, 1.165) is 0 Å². The Hall–Kier alpha value is -1.30. The summed E-state index contributed by atoms with van der Waals surface area (Å²) in [4.78, 5) is 0. The maximum Gasteiger partial charge on any atom is 0.148 e. The molecule has 0 saturated heterocycles. The molecule has 0 amide bonds. The summed E-state index contributed by atoms with van der Waals surface area (Å²) >= 11 is 0. The minimum atomic E-state index is -0.00347. The highest BCUT2D eigenvalue weighted by Gasteiger charge is 2.03. The molecule has 0 bridgehead atoms. The zero-order chi connectivity index (χ0) is 6.69. The molecule has 1 heterocycles. The maximum atomic E-state index is 5.10. The summed E-state index contributed by atoms with van der Waals surface area (Å²) in [6.45, 7) is 1.86. The van der Waals surface area contributed by atoms with E-state index in [0.29, 0.717) is 5.69 Å². The molecule has 46 valence electrons. The standard InChI is InChI=1S/C6H6N2O/c1-3-5(2)6-4-9-8-7-6/h1,4-5H,2H3. The Morgan fingerprint density at radius 1 is 1.89 bits per heavy atom. The first-order chi connectivity index (χ1) is 4.34. The van der Waals surface area contributed by atoms with Gasteiger partial charge in [-0.3, -0.25) is 0 Å². The fourth-order valence-corrected chi connectivity index (χ4v) is 0.446. The monoisotopic (exact) mass is 122 g/mol. The third-order valence-electron chi connectivity index (χ3n) is 1.07. The largest absolute Gasteiger partial charge is 0.345 e. The molecule has 1 aromatic rings. The van der Waals surface area contributed by atoms with E-state index in [1.807, 2.05) is 6.92 Å². The van der Waals surface area contributed by atoms with Crippen LogP contribution in [-0.2, 0) is 0 Å². The first-order valence-corrected chi connectivity index (χ1v) is 2.57. The topological polar surface area (TPSA) is 38.9 Å². The molecule has 0 aromatic carbocycles. The predicted octanol–water partition coefficient (Wildman–Crippen LogP) is 0.806. The van der Waals surface area contributed by atoms with Gasteiger partial charge in [-0.25, -0.2) is 0 Å². The van der Waals surface area contributed by atoms with Crippen molar-refractivity contribution in [3.8, 4) is 12.3 Å². The van der Waals surface area contributed by atoms with Gasteiger partial charge in [-0.05, 0) is 6.92 Å². The molecule has 0 fully saturated rings. The van der Waals surface area contributed by atoms with Crippen molar-refractivity contribution in [3.63, 3.8) is 0 Å². The summed E-state index contributed by atoms with van der Waals surface area (Å²) in [5.41, 5.74) is 0.706. The maximum absolute atomic E-state index is 5.10. The number of hydrogen-bond donors (Lipinski definition) is 0. The van der Waals surface area contributed by atoms with Gasteiger partial charge in [-0.15, -0.1) is 11.5 Å². The van der Waals surface area contributed by atoms with Crippen molar-refractivity contribution in [2.75, 3.05) is 0 Å². The molecule has 1 rings (SSSR count). The van der Waals surface area contributed by atoms with E-state index in [1.54, 1.807) is 0 Å². The second kappa shape index (κ2) is 2.31. The van der Waals surface area contributed by atoms with Gasteiger partial charge < -0.3 is 4.52 Å². The highest BCUT2D eigenvalue weighted by molar-refractivity contribution is 5.11. The molecule has 3 nitrogen and oxygen atoms in total. The highest BCUT2D eigenvalue weighted by atomic mass is 16.5. The lowest BCUT2D eigenvalue weighted by atomic mass is 10.1. The Morgan fingerprint density at radius 2 is 2.67 bits per heavy atom. The molecule has 0 aliphatic heterocycles. The minimum Gasteiger partial charge on any atom is -0.345 e. The van der Waals surface area contributed by atoms with Crippen molar-refractivity contribution in [2.24, 2.45) is 0 Å². The van der Waals surface area contributed by atoms with Crippen LogP contribution in [0, 0.1) is 12.3 Å². The molecule has 0 saturated carbocycles. The second-order valence-electron chi connectivity index (χ2n) is 1.72. The molecule has 3 heteroatoms. The zero-order valence-electron chi connectivity index (χ0n) is 5.03. The minimum absolute atomic E-state index is 0.00347. The van der Waals surface area contributed by atoms with Gasteiger partial charge in [-0.1, -0.05) is 5.92 Å². The van der Waals surface area contributed by atoms with Crippen LogP contribution in [0.25, 0.3) is 0 Å². The summed E-state index contributed by atoms with van der Waals surface area (Å²) in [6, 6.07) is 0. The Balaban J connectivity index is 2.80. The SMILES string of the molecule is C#CC(C)c1conn1. The van der Waals surface area contributed by atoms with Gasteiger partial charge in [0, 0.05) is 5.27 Å². The van der Waals surface area contributed by atoms with Crippen LogP contribution in [0.4, 0.5) is 0 Å². The fourth-order valence-electron chi connectivity index (χ4n) is 0.446. The van der Waals surface area contributed by atoms with E-state index in [9.17, 15) is 0 Å². The van der Waals surface area contributed by atoms with Gasteiger partial charge >= 0.3 is 0 Å². The lowest BCUT2D eigenvalue weighted by Crippen LogP contribution is -1.88. The lowest BCUT2D eigenvalue weighted by molar-refractivity contribution is 0.392. The Morgan fingerprint density at radius 3 is 3.11 bits per heavy atom. The van der Waals surface area contributed by atoms with Crippen LogP contribution < -0.4 is 0 Å². The van der Waals surface area contributed by atoms with Gasteiger partial charge in [0.15, 0.2) is 0 Å². The van der Waals surface area contributed by atoms with Crippen LogP contribution >= 0.6 is 0 Å². The van der Waals surface area contributed by atoms with Gasteiger partial charge in [0.05, 0.1) is 5.92 Å². The molecular formula is C6H6N2O. The van der Waals surface area contributed by atoms with E-state index < -0.39 is 0 Å². The normalized spacial score (nSPS) is 12.4. The second-order valence-corrected chi connectivity index (χ2v) is 1.72. The number of terminal acetylenes is 1. The van der Waals surface area contributed by atoms with Gasteiger partial charge in [0.25, 0.3) is 0 Å². The lowest BCUT2D eigenvalue weighted by Gasteiger charge is -1.91.